The maximum atomic E-state index is 13.1. The Morgan fingerprint density at radius 1 is 1.38 bits per heavy atom. The fraction of sp³-hybridized carbons (Fsp3) is 0.571. The third-order valence-corrected chi connectivity index (χ3v) is 3.35. The summed E-state index contributed by atoms with van der Waals surface area (Å²) in [7, 11) is 0. The van der Waals surface area contributed by atoms with Crippen molar-refractivity contribution in [2.24, 2.45) is 5.92 Å². The van der Waals surface area contributed by atoms with Crippen LogP contribution in [0.3, 0.4) is 0 Å². The number of rotatable bonds is 6. The van der Waals surface area contributed by atoms with Gasteiger partial charge in [0.05, 0.1) is 0 Å². The van der Waals surface area contributed by atoms with Gasteiger partial charge in [-0.3, -0.25) is 0 Å². The molecule has 1 aromatic carbocycles. The lowest BCUT2D eigenvalue weighted by atomic mass is 9.89. The van der Waals surface area contributed by atoms with Gasteiger partial charge in [0.1, 0.15) is 5.82 Å². The van der Waals surface area contributed by atoms with Crippen LogP contribution >= 0.6 is 11.6 Å². The molecule has 0 aromatic heterocycles. The summed E-state index contributed by atoms with van der Waals surface area (Å²) in [5, 5.41) is 0. The summed E-state index contributed by atoms with van der Waals surface area (Å²) in [5.74, 6) is 1.32. The Kier molecular flexibility index (Phi) is 5.83. The minimum absolute atomic E-state index is 0.171. The maximum Gasteiger partial charge on any atom is 0.123 e. The number of halogens is 2. The van der Waals surface area contributed by atoms with E-state index in [2.05, 4.69) is 13.8 Å². The summed E-state index contributed by atoms with van der Waals surface area (Å²) in [6, 6.07) is 6.81. The Labute approximate surface area is 103 Å². The second-order valence-corrected chi connectivity index (χ2v) is 4.84. The monoisotopic (exact) mass is 242 g/mol. The molecule has 16 heavy (non-hydrogen) atoms. The zero-order valence-electron chi connectivity index (χ0n) is 10.0. The maximum absolute atomic E-state index is 13.1. The van der Waals surface area contributed by atoms with Crippen LogP contribution in [0.1, 0.15) is 44.6 Å². The minimum Gasteiger partial charge on any atom is -0.207 e. The first-order valence-electron chi connectivity index (χ1n) is 5.98. The number of hydrogen-bond donors (Lipinski definition) is 0. The van der Waals surface area contributed by atoms with Crippen molar-refractivity contribution in [3.8, 4) is 0 Å². The Morgan fingerprint density at radius 3 is 2.69 bits per heavy atom. The third-order valence-electron chi connectivity index (χ3n) is 2.97. The molecule has 0 spiro atoms. The summed E-state index contributed by atoms with van der Waals surface area (Å²) in [6.45, 7) is 4.43. The molecule has 0 saturated heterocycles. The molecule has 0 bridgehead atoms. The van der Waals surface area contributed by atoms with E-state index in [0.717, 1.165) is 12.0 Å². The van der Waals surface area contributed by atoms with Crippen LogP contribution in [0.5, 0.6) is 0 Å². The van der Waals surface area contributed by atoms with Crippen LogP contribution < -0.4 is 0 Å². The third kappa shape index (κ3) is 4.13. The lowest BCUT2D eigenvalue weighted by Crippen LogP contribution is -2.07. The molecule has 0 saturated carbocycles. The van der Waals surface area contributed by atoms with Crippen molar-refractivity contribution in [2.45, 2.75) is 39.0 Å². The molecule has 0 N–H and O–H groups in total. The fourth-order valence-electron chi connectivity index (χ4n) is 2.15. The van der Waals surface area contributed by atoms with Gasteiger partial charge in [0.2, 0.25) is 0 Å². The molecule has 0 heterocycles. The van der Waals surface area contributed by atoms with Gasteiger partial charge in [-0.25, -0.2) is 4.39 Å². The van der Waals surface area contributed by atoms with Crippen LogP contribution in [0.15, 0.2) is 24.3 Å². The second kappa shape index (κ2) is 6.90. The van der Waals surface area contributed by atoms with Gasteiger partial charge >= 0.3 is 0 Å². The van der Waals surface area contributed by atoms with Crippen molar-refractivity contribution in [1.29, 1.82) is 0 Å². The fourth-order valence-corrected chi connectivity index (χ4v) is 2.45. The second-order valence-electron chi connectivity index (χ2n) is 4.54. The smallest absolute Gasteiger partial charge is 0.123 e. The molecule has 0 radical (unpaired) electrons. The standard InChI is InChI=1S/C14H20ClF/c1-3-5-11(2)8-13(10-15)12-6-4-7-14(16)9-12/h4,6-7,9,11,13H,3,5,8,10H2,1-2H3. The summed E-state index contributed by atoms with van der Waals surface area (Å²) in [5.41, 5.74) is 1.03. The zero-order chi connectivity index (χ0) is 12.0. The van der Waals surface area contributed by atoms with Crippen LogP contribution in [-0.4, -0.2) is 5.88 Å². The van der Waals surface area contributed by atoms with E-state index in [4.69, 9.17) is 11.6 Å². The quantitative estimate of drug-likeness (QED) is 0.618. The molecule has 0 aliphatic rings. The molecule has 0 aliphatic heterocycles. The Balaban J connectivity index is 2.67. The SMILES string of the molecule is CCCC(C)CC(CCl)c1cccc(F)c1. The number of benzene rings is 1. The summed E-state index contributed by atoms with van der Waals surface area (Å²) < 4.78 is 13.1. The first-order valence-corrected chi connectivity index (χ1v) is 6.52. The minimum atomic E-state index is -0.171. The van der Waals surface area contributed by atoms with E-state index in [0.29, 0.717) is 11.8 Å². The highest BCUT2D eigenvalue weighted by Gasteiger charge is 2.14. The average molecular weight is 243 g/mol. The van der Waals surface area contributed by atoms with E-state index in [1.54, 1.807) is 12.1 Å². The van der Waals surface area contributed by atoms with Crippen LogP contribution in [-0.2, 0) is 0 Å². The largest absolute Gasteiger partial charge is 0.207 e. The van der Waals surface area contributed by atoms with E-state index >= 15 is 0 Å². The molecular formula is C14H20ClF. The molecule has 2 heteroatoms. The van der Waals surface area contributed by atoms with Crippen molar-refractivity contribution in [1.82, 2.24) is 0 Å². The Bertz CT molecular complexity index is 311. The highest BCUT2D eigenvalue weighted by Crippen LogP contribution is 2.27. The highest BCUT2D eigenvalue weighted by molar-refractivity contribution is 6.18. The van der Waals surface area contributed by atoms with Crippen molar-refractivity contribution in [3.05, 3.63) is 35.6 Å². The molecule has 1 aromatic rings. The van der Waals surface area contributed by atoms with Crippen molar-refractivity contribution in [2.75, 3.05) is 5.88 Å². The molecular weight excluding hydrogens is 223 g/mol. The molecule has 2 atom stereocenters. The van der Waals surface area contributed by atoms with Gasteiger partial charge < -0.3 is 0 Å². The average Bonchev–Trinajstić information content (AvgIpc) is 2.26. The lowest BCUT2D eigenvalue weighted by molar-refractivity contribution is 0.449. The highest BCUT2D eigenvalue weighted by atomic mass is 35.5. The Morgan fingerprint density at radius 2 is 2.12 bits per heavy atom. The summed E-state index contributed by atoms with van der Waals surface area (Å²) in [6.07, 6.45) is 3.45. The predicted octanol–water partition coefficient (Wildman–Crippen LogP) is 4.97. The summed E-state index contributed by atoms with van der Waals surface area (Å²) in [4.78, 5) is 0. The van der Waals surface area contributed by atoms with Gasteiger partial charge in [-0.05, 0) is 36.0 Å². The zero-order valence-corrected chi connectivity index (χ0v) is 10.8. The van der Waals surface area contributed by atoms with Crippen LogP contribution in [0.2, 0.25) is 0 Å². The Hall–Kier alpha value is -0.560. The van der Waals surface area contributed by atoms with E-state index in [1.165, 1.54) is 18.9 Å². The molecule has 2 unspecified atom stereocenters. The first-order chi connectivity index (χ1) is 7.67. The van der Waals surface area contributed by atoms with Gasteiger partial charge in [0, 0.05) is 5.88 Å². The van der Waals surface area contributed by atoms with Crippen molar-refractivity contribution < 1.29 is 4.39 Å². The molecule has 0 fully saturated rings. The molecule has 0 nitrogen and oxygen atoms in total. The van der Waals surface area contributed by atoms with Gasteiger partial charge in [-0.2, -0.15) is 0 Å². The first kappa shape index (κ1) is 13.5. The van der Waals surface area contributed by atoms with Gasteiger partial charge in [-0.15, -0.1) is 11.6 Å². The predicted molar refractivity (Wildman–Crippen MR) is 68.6 cm³/mol. The number of alkyl halides is 1. The molecule has 0 aliphatic carbocycles. The van der Waals surface area contributed by atoms with E-state index in [-0.39, 0.29) is 11.7 Å². The van der Waals surface area contributed by atoms with Gasteiger partial charge in [0.15, 0.2) is 0 Å². The summed E-state index contributed by atoms with van der Waals surface area (Å²) >= 11 is 5.98. The van der Waals surface area contributed by atoms with Crippen LogP contribution in [0.4, 0.5) is 4.39 Å². The van der Waals surface area contributed by atoms with Crippen molar-refractivity contribution >= 4 is 11.6 Å². The van der Waals surface area contributed by atoms with E-state index < -0.39 is 0 Å². The molecule has 1 rings (SSSR count). The molecule has 0 amide bonds. The lowest BCUT2D eigenvalue weighted by Gasteiger charge is -2.19. The van der Waals surface area contributed by atoms with E-state index in [1.807, 2.05) is 6.07 Å². The van der Waals surface area contributed by atoms with Gasteiger partial charge in [-0.1, -0.05) is 38.8 Å². The van der Waals surface area contributed by atoms with Crippen LogP contribution in [0, 0.1) is 11.7 Å². The van der Waals surface area contributed by atoms with Gasteiger partial charge in [0.25, 0.3) is 0 Å². The molecule has 90 valence electrons. The number of hydrogen-bond acceptors (Lipinski definition) is 0. The normalized spacial score (nSPS) is 14.8. The topological polar surface area (TPSA) is 0 Å². The van der Waals surface area contributed by atoms with E-state index in [9.17, 15) is 4.39 Å². The van der Waals surface area contributed by atoms with Crippen LogP contribution in [0.25, 0.3) is 0 Å². The van der Waals surface area contributed by atoms with Crippen molar-refractivity contribution in [3.63, 3.8) is 0 Å².